The minimum absolute atomic E-state index is 0.146. The second-order valence-corrected chi connectivity index (χ2v) is 5.34. The molecule has 4 nitrogen and oxygen atoms in total. The highest BCUT2D eigenvalue weighted by atomic mass is 32.1. The van der Waals surface area contributed by atoms with E-state index in [0.717, 1.165) is 0 Å². The van der Waals surface area contributed by atoms with Crippen molar-refractivity contribution in [3.63, 3.8) is 0 Å². The fourth-order valence-electron chi connectivity index (χ4n) is 2.28. The molecule has 3 aromatic rings. The van der Waals surface area contributed by atoms with Crippen LogP contribution in [0.2, 0.25) is 0 Å². The van der Waals surface area contributed by atoms with Crippen LogP contribution in [-0.2, 0) is 11.8 Å². The molecule has 21 heavy (non-hydrogen) atoms. The normalized spacial score (nSPS) is 10.8. The number of carbonyl (C=O) groups excluding carboxylic acids is 1. The van der Waals surface area contributed by atoms with E-state index in [1.807, 2.05) is 0 Å². The maximum absolute atomic E-state index is 13.1. The van der Waals surface area contributed by atoms with Gasteiger partial charge in [-0.25, -0.2) is 4.39 Å². The third-order valence-electron chi connectivity index (χ3n) is 3.24. The summed E-state index contributed by atoms with van der Waals surface area (Å²) in [4.78, 5) is 23.0. The summed E-state index contributed by atoms with van der Waals surface area (Å²) in [6, 6.07) is 7.61. The van der Waals surface area contributed by atoms with Crippen molar-refractivity contribution >= 4 is 27.9 Å². The standard InChI is InChI=1S/C15H10FNO3S/c1-17-14(19)13-11(6-7-21-13)12(15(17)20-8-18)9-2-4-10(16)5-3-9/h2-8H,1H3. The fourth-order valence-corrected chi connectivity index (χ4v) is 3.15. The first-order valence-corrected chi connectivity index (χ1v) is 6.98. The summed E-state index contributed by atoms with van der Waals surface area (Å²) in [7, 11) is 1.54. The highest BCUT2D eigenvalue weighted by Gasteiger charge is 2.18. The van der Waals surface area contributed by atoms with Crippen LogP contribution < -0.4 is 10.3 Å². The average molecular weight is 303 g/mol. The molecule has 0 bridgehead atoms. The van der Waals surface area contributed by atoms with Gasteiger partial charge in [-0.15, -0.1) is 11.3 Å². The molecule has 106 valence electrons. The third-order valence-corrected chi connectivity index (χ3v) is 4.15. The molecular weight excluding hydrogens is 293 g/mol. The van der Waals surface area contributed by atoms with Gasteiger partial charge in [-0.3, -0.25) is 14.2 Å². The first kappa shape index (κ1) is 13.5. The molecule has 0 unspecified atom stereocenters. The van der Waals surface area contributed by atoms with Gasteiger partial charge in [0.2, 0.25) is 5.88 Å². The molecule has 0 aliphatic rings. The van der Waals surface area contributed by atoms with Gasteiger partial charge in [-0.05, 0) is 29.1 Å². The Bertz CT molecular complexity index is 880. The maximum atomic E-state index is 13.1. The zero-order chi connectivity index (χ0) is 15.0. The molecule has 0 aliphatic heterocycles. The molecule has 0 saturated carbocycles. The lowest BCUT2D eigenvalue weighted by Crippen LogP contribution is -2.19. The summed E-state index contributed by atoms with van der Waals surface area (Å²) < 4.78 is 20.0. The topological polar surface area (TPSA) is 48.3 Å². The number of thiophene rings is 1. The lowest BCUT2D eigenvalue weighted by molar-refractivity contribution is -0.121. The van der Waals surface area contributed by atoms with E-state index in [1.165, 1.54) is 35.1 Å². The van der Waals surface area contributed by atoms with E-state index < -0.39 is 0 Å². The van der Waals surface area contributed by atoms with Gasteiger partial charge < -0.3 is 4.74 Å². The van der Waals surface area contributed by atoms with Crippen molar-refractivity contribution in [2.24, 2.45) is 7.05 Å². The van der Waals surface area contributed by atoms with Crippen LogP contribution in [0.25, 0.3) is 21.2 Å². The second kappa shape index (κ2) is 5.14. The highest BCUT2D eigenvalue weighted by molar-refractivity contribution is 7.17. The van der Waals surface area contributed by atoms with E-state index in [4.69, 9.17) is 4.74 Å². The van der Waals surface area contributed by atoms with Crippen molar-refractivity contribution in [3.05, 3.63) is 51.9 Å². The van der Waals surface area contributed by atoms with E-state index >= 15 is 0 Å². The van der Waals surface area contributed by atoms with Gasteiger partial charge in [0, 0.05) is 12.4 Å². The predicted octanol–water partition coefficient (Wildman–Crippen LogP) is 2.94. The van der Waals surface area contributed by atoms with E-state index in [0.29, 0.717) is 21.2 Å². The molecule has 2 heterocycles. The van der Waals surface area contributed by atoms with Crippen LogP contribution in [0.1, 0.15) is 0 Å². The number of nitrogens with zero attached hydrogens (tertiary/aromatic N) is 1. The van der Waals surface area contributed by atoms with Gasteiger partial charge in [0.05, 0.1) is 5.56 Å². The van der Waals surface area contributed by atoms with Crippen LogP contribution >= 0.6 is 11.3 Å². The Morgan fingerprint density at radius 3 is 2.62 bits per heavy atom. The van der Waals surface area contributed by atoms with Crippen LogP contribution in [0, 0.1) is 5.82 Å². The van der Waals surface area contributed by atoms with Gasteiger partial charge in [0.25, 0.3) is 12.0 Å². The number of hydrogen-bond donors (Lipinski definition) is 0. The number of halogens is 1. The van der Waals surface area contributed by atoms with E-state index in [-0.39, 0.29) is 23.7 Å². The van der Waals surface area contributed by atoms with Gasteiger partial charge in [-0.2, -0.15) is 0 Å². The lowest BCUT2D eigenvalue weighted by atomic mass is 10.0. The van der Waals surface area contributed by atoms with Gasteiger partial charge in [0.15, 0.2) is 0 Å². The molecule has 0 fully saturated rings. The maximum Gasteiger partial charge on any atom is 0.299 e. The number of rotatable bonds is 3. The molecule has 0 atom stereocenters. The molecular formula is C15H10FNO3S. The van der Waals surface area contributed by atoms with Gasteiger partial charge in [0.1, 0.15) is 10.5 Å². The zero-order valence-corrected chi connectivity index (χ0v) is 11.8. The lowest BCUT2D eigenvalue weighted by Gasteiger charge is -2.13. The van der Waals surface area contributed by atoms with Gasteiger partial charge in [-0.1, -0.05) is 12.1 Å². The Hall–Kier alpha value is -2.47. The number of fused-ring (bicyclic) bond motifs is 1. The van der Waals surface area contributed by atoms with E-state index in [9.17, 15) is 14.0 Å². The summed E-state index contributed by atoms with van der Waals surface area (Å²) >= 11 is 1.32. The Labute approximate surface area is 123 Å². The molecule has 0 amide bonds. The molecule has 0 N–H and O–H groups in total. The zero-order valence-electron chi connectivity index (χ0n) is 11.0. The molecule has 0 spiro atoms. The number of pyridine rings is 1. The van der Waals surface area contributed by atoms with E-state index in [1.54, 1.807) is 23.6 Å². The SMILES string of the molecule is Cn1c(OC=O)c(-c2ccc(F)cc2)c2ccsc2c1=O. The monoisotopic (exact) mass is 303 g/mol. The molecule has 1 aromatic carbocycles. The highest BCUT2D eigenvalue weighted by Crippen LogP contribution is 2.36. The van der Waals surface area contributed by atoms with Crippen molar-refractivity contribution in [3.8, 4) is 17.0 Å². The predicted molar refractivity (Wildman–Crippen MR) is 79.2 cm³/mol. The minimum atomic E-state index is -0.358. The molecule has 0 saturated heterocycles. The quantitative estimate of drug-likeness (QED) is 0.699. The molecule has 0 radical (unpaired) electrons. The Kier molecular flexibility index (Phi) is 3.31. The second-order valence-electron chi connectivity index (χ2n) is 4.43. The average Bonchev–Trinajstić information content (AvgIpc) is 2.96. The van der Waals surface area contributed by atoms with Gasteiger partial charge >= 0.3 is 0 Å². The Morgan fingerprint density at radius 2 is 1.95 bits per heavy atom. The van der Waals surface area contributed by atoms with Crippen LogP contribution in [0.15, 0.2) is 40.5 Å². The molecule has 2 aromatic heterocycles. The number of aromatic nitrogens is 1. The number of benzene rings is 1. The first-order valence-electron chi connectivity index (χ1n) is 6.10. The van der Waals surface area contributed by atoms with Crippen molar-refractivity contribution in [2.75, 3.05) is 0 Å². The van der Waals surface area contributed by atoms with E-state index in [2.05, 4.69) is 0 Å². The summed E-state index contributed by atoms with van der Waals surface area (Å²) in [6.45, 7) is 0.278. The smallest absolute Gasteiger partial charge is 0.299 e. The van der Waals surface area contributed by atoms with Crippen LogP contribution in [0.3, 0.4) is 0 Å². The largest absolute Gasteiger partial charge is 0.411 e. The Morgan fingerprint density at radius 1 is 1.24 bits per heavy atom. The number of carbonyl (C=O) groups is 1. The Balaban J connectivity index is 2.43. The summed E-state index contributed by atoms with van der Waals surface area (Å²) in [5, 5.41) is 2.48. The molecule has 3 rings (SSSR count). The van der Waals surface area contributed by atoms with Crippen molar-refractivity contribution in [1.82, 2.24) is 4.57 Å². The number of hydrogen-bond acceptors (Lipinski definition) is 4. The number of ether oxygens (including phenoxy) is 1. The minimum Gasteiger partial charge on any atom is -0.411 e. The van der Waals surface area contributed by atoms with Crippen LogP contribution in [0.4, 0.5) is 4.39 Å². The summed E-state index contributed by atoms with van der Waals surface area (Å²) in [6.07, 6.45) is 0. The van der Waals surface area contributed by atoms with Crippen LogP contribution in [0.5, 0.6) is 5.88 Å². The van der Waals surface area contributed by atoms with Crippen molar-refractivity contribution < 1.29 is 13.9 Å². The fraction of sp³-hybridized carbons (Fsp3) is 0.0667. The molecule has 6 heteroatoms. The van der Waals surface area contributed by atoms with Crippen molar-refractivity contribution in [2.45, 2.75) is 0 Å². The summed E-state index contributed by atoms with van der Waals surface area (Å²) in [5.41, 5.74) is 1.04. The summed E-state index contributed by atoms with van der Waals surface area (Å²) in [5.74, 6) is -0.213. The van der Waals surface area contributed by atoms with Crippen molar-refractivity contribution in [1.29, 1.82) is 0 Å². The van der Waals surface area contributed by atoms with Crippen LogP contribution in [-0.4, -0.2) is 11.0 Å². The first-order chi connectivity index (χ1) is 10.1. The molecule has 0 aliphatic carbocycles. The third kappa shape index (κ3) is 2.13.